The Hall–Kier alpha value is -0.560. The Morgan fingerprint density at radius 1 is 0.548 bits per heavy atom. The van der Waals surface area contributed by atoms with Crippen LogP contribution in [-0.4, -0.2) is 21.0 Å². The highest BCUT2D eigenvalue weighted by atomic mass is 32.2. The maximum absolute atomic E-state index is 6.69. The molecule has 2 rings (SSSR count). The van der Waals surface area contributed by atoms with Gasteiger partial charge in [-0.15, -0.1) is 47.0 Å². The first-order valence-corrected chi connectivity index (χ1v) is 14.5. The first kappa shape index (κ1) is 26.7. The second-order valence-electron chi connectivity index (χ2n) is 8.77. The fourth-order valence-corrected chi connectivity index (χ4v) is 7.10. The van der Waals surface area contributed by atoms with Crippen molar-refractivity contribution in [2.75, 3.05) is 11.5 Å². The van der Waals surface area contributed by atoms with Gasteiger partial charge < -0.3 is 11.5 Å². The molecule has 31 heavy (non-hydrogen) atoms. The number of nitrogens with two attached hydrogens (primary N) is 2. The number of thioether (sulfide) groups is 4. The molecular formula is C25H38N2S4. The quantitative estimate of drug-likeness (QED) is 0.255. The maximum atomic E-state index is 6.69. The molecule has 0 amide bonds. The average molecular weight is 495 g/mol. The van der Waals surface area contributed by atoms with Crippen molar-refractivity contribution in [3.8, 4) is 0 Å². The Morgan fingerprint density at radius 3 is 1.16 bits per heavy atom. The van der Waals surface area contributed by atoms with Crippen LogP contribution in [0.3, 0.4) is 0 Å². The standard InChI is InChI=1S/C25H38N2S4/c1-14(2)28-20-11-9-18(24(22(20)26)30-16(5)6)13-19-10-12-21(29-15(3)4)23(27)25(19)31-17(7)8/h9-12,14-17H,13,26-27H2,1-8H3. The lowest BCUT2D eigenvalue weighted by Gasteiger charge is -2.21. The van der Waals surface area contributed by atoms with Crippen LogP contribution in [0, 0.1) is 0 Å². The Kier molecular flexibility index (Phi) is 10.4. The predicted octanol–water partition coefficient (Wildman–Crippen LogP) is 8.44. The third kappa shape index (κ3) is 7.76. The third-order valence-electron chi connectivity index (χ3n) is 4.29. The van der Waals surface area contributed by atoms with Crippen molar-refractivity contribution >= 4 is 58.4 Å². The molecule has 0 heterocycles. The fourth-order valence-electron chi connectivity index (χ4n) is 3.20. The second kappa shape index (κ2) is 12.1. The zero-order valence-corrected chi connectivity index (χ0v) is 23.4. The van der Waals surface area contributed by atoms with Gasteiger partial charge in [-0.2, -0.15) is 0 Å². The van der Waals surface area contributed by atoms with E-state index in [4.69, 9.17) is 11.5 Å². The summed E-state index contributed by atoms with van der Waals surface area (Å²) in [4.78, 5) is 4.81. The first-order valence-electron chi connectivity index (χ1n) is 11.0. The smallest absolute Gasteiger partial charge is 0.0593 e. The average Bonchev–Trinajstić information content (AvgIpc) is 2.64. The highest BCUT2D eigenvalue weighted by Crippen LogP contribution is 2.43. The Bertz CT molecular complexity index is 805. The minimum Gasteiger partial charge on any atom is -0.397 e. The van der Waals surface area contributed by atoms with Gasteiger partial charge in [0.05, 0.1) is 11.4 Å². The molecule has 172 valence electrons. The summed E-state index contributed by atoms with van der Waals surface area (Å²) in [5.74, 6) is 0. The van der Waals surface area contributed by atoms with E-state index in [9.17, 15) is 0 Å². The maximum Gasteiger partial charge on any atom is 0.0593 e. The summed E-state index contributed by atoms with van der Waals surface area (Å²) in [6, 6.07) is 8.92. The van der Waals surface area contributed by atoms with Gasteiger partial charge in [-0.25, -0.2) is 0 Å². The molecule has 6 heteroatoms. The zero-order chi connectivity index (χ0) is 23.3. The van der Waals surface area contributed by atoms with Crippen molar-refractivity contribution in [3.05, 3.63) is 35.4 Å². The lowest BCUT2D eigenvalue weighted by molar-refractivity contribution is 1.04. The molecule has 0 saturated heterocycles. The van der Waals surface area contributed by atoms with Gasteiger partial charge in [0.15, 0.2) is 0 Å². The van der Waals surface area contributed by atoms with E-state index in [0.717, 1.165) is 17.8 Å². The Labute approximate surface area is 206 Å². The molecule has 4 N–H and O–H groups in total. The molecule has 0 aliphatic heterocycles. The lowest BCUT2D eigenvalue weighted by Crippen LogP contribution is -2.05. The SMILES string of the molecule is CC(C)Sc1ccc(Cc2ccc(SC(C)C)c(N)c2SC(C)C)c(SC(C)C)c1N. The van der Waals surface area contributed by atoms with Crippen LogP contribution in [0.25, 0.3) is 0 Å². The van der Waals surface area contributed by atoms with Crippen molar-refractivity contribution in [3.63, 3.8) is 0 Å². The molecule has 0 unspecified atom stereocenters. The van der Waals surface area contributed by atoms with Gasteiger partial charge in [0.2, 0.25) is 0 Å². The van der Waals surface area contributed by atoms with Crippen LogP contribution >= 0.6 is 47.0 Å². The fraction of sp³-hybridized carbons (Fsp3) is 0.520. The summed E-state index contributed by atoms with van der Waals surface area (Å²) in [6.07, 6.45) is 0.845. The van der Waals surface area contributed by atoms with Crippen LogP contribution in [0.5, 0.6) is 0 Å². The van der Waals surface area contributed by atoms with Crippen molar-refractivity contribution < 1.29 is 0 Å². The van der Waals surface area contributed by atoms with E-state index in [2.05, 4.69) is 79.7 Å². The van der Waals surface area contributed by atoms with Crippen LogP contribution in [0.4, 0.5) is 11.4 Å². The van der Waals surface area contributed by atoms with Crippen molar-refractivity contribution in [2.45, 2.75) is 102 Å². The number of hydrogen-bond acceptors (Lipinski definition) is 6. The predicted molar refractivity (Wildman–Crippen MR) is 148 cm³/mol. The molecule has 2 nitrogen and oxygen atoms in total. The van der Waals surface area contributed by atoms with Crippen LogP contribution < -0.4 is 11.5 Å². The number of anilines is 2. The van der Waals surface area contributed by atoms with E-state index in [1.54, 1.807) is 0 Å². The molecule has 0 fully saturated rings. The van der Waals surface area contributed by atoms with Gasteiger partial charge in [0, 0.05) is 40.6 Å². The van der Waals surface area contributed by atoms with Crippen LogP contribution in [0.15, 0.2) is 43.8 Å². The Balaban J connectivity index is 2.53. The van der Waals surface area contributed by atoms with Gasteiger partial charge in [-0.05, 0) is 29.7 Å². The molecule has 0 saturated carbocycles. The van der Waals surface area contributed by atoms with Gasteiger partial charge >= 0.3 is 0 Å². The van der Waals surface area contributed by atoms with E-state index in [1.807, 2.05) is 47.0 Å². The summed E-state index contributed by atoms with van der Waals surface area (Å²) in [5, 5.41) is 1.95. The second-order valence-corrected chi connectivity index (χ2v) is 15.2. The third-order valence-corrected chi connectivity index (χ3v) is 8.83. The number of rotatable bonds is 10. The van der Waals surface area contributed by atoms with E-state index >= 15 is 0 Å². The monoisotopic (exact) mass is 494 g/mol. The first-order chi connectivity index (χ1) is 14.5. The topological polar surface area (TPSA) is 52.0 Å². The van der Waals surface area contributed by atoms with Gasteiger partial charge in [0.25, 0.3) is 0 Å². The molecule has 0 aliphatic carbocycles. The molecule has 2 aromatic rings. The summed E-state index contributed by atoms with van der Waals surface area (Å²) in [6.45, 7) is 17.8. The normalized spacial score (nSPS) is 12.0. The van der Waals surface area contributed by atoms with E-state index in [0.29, 0.717) is 21.0 Å². The highest BCUT2D eigenvalue weighted by molar-refractivity contribution is 8.01. The number of hydrogen-bond donors (Lipinski definition) is 2. The van der Waals surface area contributed by atoms with Gasteiger partial charge in [-0.3, -0.25) is 0 Å². The van der Waals surface area contributed by atoms with Crippen LogP contribution in [0.2, 0.25) is 0 Å². The van der Waals surface area contributed by atoms with E-state index in [-0.39, 0.29) is 0 Å². The van der Waals surface area contributed by atoms with Crippen LogP contribution in [-0.2, 0) is 6.42 Å². The summed E-state index contributed by atoms with van der Waals surface area (Å²) in [5.41, 5.74) is 17.8. The lowest BCUT2D eigenvalue weighted by atomic mass is 10.0. The van der Waals surface area contributed by atoms with Gasteiger partial charge in [0.1, 0.15) is 0 Å². The largest absolute Gasteiger partial charge is 0.397 e. The molecule has 0 aromatic heterocycles. The van der Waals surface area contributed by atoms with Crippen molar-refractivity contribution in [1.29, 1.82) is 0 Å². The van der Waals surface area contributed by atoms with Crippen molar-refractivity contribution in [1.82, 2.24) is 0 Å². The zero-order valence-electron chi connectivity index (χ0n) is 20.1. The van der Waals surface area contributed by atoms with E-state index < -0.39 is 0 Å². The number of benzene rings is 2. The molecule has 0 spiro atoms. The molecule has 0 radical (unpaired) electrons. The molecule has 0 atom stereocenters. The summed E-state index contributed by atoms with van der Waals surface area (Å²) in [7, 11) is 0. The van der Waals surface area contributed by atoms with Crippen LogP contribution in [0.1, 0.15) is 66.5 Å². The minimum atomic E-state index is 0.472. The molecular weight excluding hydrogens is 457 g/mol. The van der Waals surface area contributed by atoms with E-state index in [1.165, 1.54) is 30.7 Å². The highest BCUT2D eigenvalue weighted by Gasteiger charge is 2.19. The number of nitrogen functional groups attached to an aromatic ring is 2. The molecule has 0 bridgehead atoms. The van der Waals surface area contributed by atoms with Crippen molar-refractivity contribution in [2.24, 2.45) is 0 Å². The summed E-state index contributed by atoms with van der Waals surface area (Å²) < 4.78 is 0. The van der Waals surface area contributed by atoms with Gasteiger partial charge in [-0.1, -0.05) is 67.5 Å². The summed E-state index contributed by atoms with van der Waals surface area (Å²) >= 11 is 7.41. The Morgan fingerprint density at radius 2 is 0.871 bits per heavy atom. The minimum absolute atomic E-state index is 0.472. The molecule has 2 aromatic carbocycles. The molecule has 0 aliphatic rings.